The van der Waals surface area contributed by atoms with Gasteiger partial charge in [0.15, 0.2) is 0 Å². The van der Waals surface area contributed by atoms with E-state index in [9.17, 15) is 9.59 Å². The summed E-state index contributed by atoms with van der Waals surface area (Å²) in [6, 6.07) is 7.44. The highest BCUT2D eigenvalue weighted by molar-refractivity contribution is 5.80. The van der Waals surface area contributed by atoms with E-state index in [2.05, 4.69) is 5.32 Å². The molecule has 1 aromatic carbocycles. The third-order valence-electron chi connectivity index (χ3n) is 4.08. The largest absolute Gasteiger partial charge is 0.494 e. The summed E-state index contributed by atoms with van der Waals surface area (Å²) in [7, 11) is 0. The number of benzene rings is 1. The van der Waals surface area contributed by atoms with Crippen LogP contribution < -0.4 is 10.1 Å². The minimum atomic E-state index is -0.910. The fraction of sp³-hybridized carbons (Fsp3) is 0.556. The Balaban J connectivity index is 1.99. The molecule has 132 valence electrons. The van der Waals surface area contributed by atoms with Gasteiger partial charge in [-0.05, 0) is 37.0 Å². The fourth-order valence-electron chi connectivity index (χ4n) is 2.89. The maximum absolute atomic E-state index is 12.4. The van der Waals surface area contributed by atoms with Gasteiger partial charge in [-0.3, -0.25) is 9.59 Å². The molecule has 1 fully saturated rings. The van der Waals surface area contributed by atoms with Gasteiger partial charge in [0.2, 0.25) is 5.91 Å². The van der Waals surface area contributed by atoms with Crippen LogP contribution in [0.5, 0.6) is 5.75 Å². The van der Waals surface area contributed by atoms with Crippen LogP contribution in [0.25, 0.3) is 0 Å². The highest BCUT2D eigenvalue weighted by Crippen LogP contribution is 2.25. The monoisotopic (exact) mass is 335 g/mol. The second-order valence-electron chi connectivity index (χ2n) is 6.18. The minimum absolute atomic E-state index is 0.0816. The zero-order valence-corrected chi connectivity index (χ0v) is 14.0. The van der Waals surface area contributed by atoms with E-state index < -0.39 is 11.5 Å². The highest BCUT2D eigenvalue weighted by Gasteiger charge is 2.36. The lowest BCUT2D eigenvalue weighted by atomic mass is 9.86. The Bertz CT molecular complexity index is 566. The summed E-state index contributed by atoms with van der Waals surface area (Å²) in [6.45, 7) is 3.60. The molecule has 6 nitrogen and oxygen atoms in total. The van der Waals surface area contributed by atoms with Crippen molar-refractivity contribution in [2.75, 3.05) is 19.8 Å². The molecular formula is C18H25NO5. The van der Waals surface area contributed by atoms with Crippen molar-refractivity contribution in [3.63, 3.8) is 0 Å². The molecule has 0 aromatic heterocycles. The number of hydrogen-bond donors (Lipinski definition) is 2. The molecule has 6 heteroatoms. The topological polar surface area (TPSA) is 84.9 Å². The summed E-state index contributed by atoms with van der Waals surface area (Å²) < 4.78 is 10.9. The molecule has 1 amide bonds. The van der Waals surface area contributed by atoms with Crippen LogP contribution in [0.2, 0.25) is 0 Å². The molecule has 0 spiro atoms. The molecule has 24 heavy (non-hydrogen) atoms. The Morgan fingerprint density at radius 3 is 2.75 bits per heavy atom. The standard InChI is InChI=1S/C18H25NO5/c1-2-8-24-15-5-3-4-14(11-15)12-16(20)19-18(13-17(21)22)6-9-23-10-7-18/h3-5,11H,2,6-10,12-13H2,1H3,(H,19,20)(H,21,22). The van der Waals surface area contributed by atoms with Crippen molar-refractivity contribution in [2.24, 2.45) is 0 Å². The number of hydrogen-bond acceptors (Lipinski definition) is 4. The number of amides is 1. The van der Waals surface area contributed by atoms with Gasteiger partial charge in [-0.15, -0.1) is 0 Å². The van der Waals surface area contributed by atoms with E-state index >= 15 is 0 Å². The molecule has 1 heterocycles. The summed E-state index contributed by atoms with van der Waals surface area (Å²) >= 11 is 0. The molecule has 2 N–H and O–H groups in total. The molecule has 1 aromatic rings. The second kappa shape index (κ2) is 8.68. The molecule has 1 saturated heterocycles. The Labute approximate surface area is 142 Å². The number of ether oxygens (including phenoxy) is 2. The first-order chi connectivity index (χ1) is 11.5. The molecular weight excluding hydrogens is 310 g/mol. The summed E-state index contributed by atoms with van der Waals surface area (Å²) in [5.41, 5.74) is 0.135. The van der Waals surface area contributed by atoms with E-state index in [1.165, 1.54) is 0 Å². The van der Waals surface area contributed by atoms with Gasteiger partial charge in [-0.1, -0.05) is 19.1 Å². The summed E-state index contributed by atoms with van der Waals surface area (Å²) in [4.78, 5) is 23.6. The molecule has 0 saturated carbocycles. The van der Waals surface area contributed by atoms with Crippen molar-refractivity contribution >= 4 is 11.9 Å². The quantitative estimate of drug-likeness (QED) is 0.760. The maximum Gasteiger partial charge on any atom is 0.305 e. The van der Waals surface area contributed by atoms with Crippen LogP contribution in [0.4, 0.5) is 0 Å². The number of carboxylic acid groups (broad SMARTS) is 1. The van der Waals surface area contributed by atoms with Gasteiger partial charge in [-0.25, -0.2) is 0 Å². The molecule has 1 aliphatic rings. The Hall–Kier alpha value is -2.08. The van der Waals surface area contributed by atoms with Gasteiger partial charge in [0.05, 0.1) is 25.0 Å². The van der Waals surface area contributed by atoms with E-state index in [-0.39, 0.29) is 18.7 Å². The van der Waals surface area contributed by atoms with Crippen LogP contribution in [0, 0.1) is 0 Å². The molecule has 0 bridgehead atoms. The van der Waals surface area contributed by atoms with Crippen molar-refractivity contribution < 1.29 is 24.2 Å². The fourth-order valence-corrected chi connectivity index (χ4v) is 2.89. The zero-order valence-electron chi connectivity index (χ0n) is 14.0. The number of carbonyl (C=O) groups excluding carboxylic acids is 1. The lowest BCUT2D eigenvalue weighted by Crippen LogP contribution is -2.53. The van der Waals surface area contributed by atoms with Crippen LogP contribution in [-0.4, -0.2) is 42.3 Å². The summed E-state index contributed by atoms with van der Waals surface area (Å²) in [6.07, 6.45) is 2.08. The lowest BCUT2D eigenvalue weighted by Gasteiger charge is -2.36. The lowest BCUT2D eigenvalue weighted by molar-refractivity contribution is -0.140. The first-order valence-electron chi connectivity index (χ1n) is 8.35. The Morgan fingerprint density at radius 1 is 1.33 bits per heavy atom. The normalized spacial score (nSPS) is 16.4. The predicted octanol–water partition coefficient (Wildman–Crippen LogP) is 2.16. The number of aliphatic carboxylic acids is 1. The number of rotatable bonds is 8. The SMILES string of the molecule is CCCOc1cccc(CC(=O)NC2(CC(=O)O)CCOCC2)c1. The number of nitrogens with one attached hydrogen (secondary N) is 1. The van der Waals surface area contributed by atoms with Crippen LogP contribution in [-0.2, 0) is 20.7 Å². The van der Waals surface area contributed by atoms with Gasteiger partial charge in [-0.2, -0.15) is 0 Å². The van der Waals surface area contributed by atoms with Crippen LogP contribution in [0.3, 0.4) is 0 Å². The number of carboxylic acids is 1. The Kier molecular flexibility index (Phi) is 6.61. The van der Waals surface area contributed by atoms with E-state index in [4.69, 9.17) is 14.6 Å². The van der Waals surface area contributed by atoms with Gasteiger partial charge in [0, 0.05) is 13.2 Å². The number of carbonyl (C=O) groups is 2. The van der Waals surface area contributed by atoms with Gasteiger partial charge >= 0.3 is 5.97 Å². The van der Waals surface area contributed by atoms with Crippen molar-refractivity contribution in [1.82, 2.24) is 5.32 Å². The smallest absolute Gasteiger partial charge is 0.305 e. The summed E-state index contributed by atoms with van der Waals surface area (Å²) in [5.74, 6) is -0.341. The average Bonchev–Trinajstić information content (AvgIpc) is 2.53. The molecule has 0 atom stereocenters. The van der Waals surface area contributed by atoms with Gasteiger partial charge in [0.1, 0.15) is 5.75 Å². The average molecular weight is 335 g/mol. The minimum Gasteiger partial charge on any atom is -0.494 e. The van der Waals surface area contributed by atoms with Crippen molar-refractivity contribution in [3.05, 3.63) is 29.8 Å². The first-order valence-corrected chi connectivity index (χ1v) is 8.35. The van der Waals surface area contributed by atoms with Crippen LogP contribution >= 0.6 is 0 Å². The van der Waals surface area contributed by atoms with E-state index in [1.54, 1.807) is 0 Å². The molecule has 2 rings (SSSR count). The van der Waals surface area contributed by atoms with Crippen LogP contribution in [0.1, 0.15) is 38.2 Å². The Morgan fingerprint density at radius 2 is 2.08 bits per heavy atom. The molecule has 0 radical (unpaired) electrons. The molecule has 0 unspecified atom stereocenters. The molecule has 1 aliphatic heterocycles. The van der Waals surface area contributed by atoms with Crippen molar-refractivity contribution in [1.29, 1.82) is 0 Å². The van der Waals surface area contributed by atoms with E-state index in [1.807, 2.05) is 31.2 Å². The molecule has 0 aliphatic carbocycles. The third kappa shape index (κ3) is 5.53. The third-order valence-corrected chi connectivity index (χ3v) is 4.08. The van der Waals surface area contributed by atoms with Crippen molar-refractivity contribution in [2.45, 2.75) is 44.6 Å². The van der Waals surface area contributed by atoms with Crippen LogP contribution in [0.15, 0.2) is 24.3 Å². The van der Waals surface area contributed by atoms with Gasteiger partial charge < -0.3 is 19.9 Å². The van der Waals surface area contributed by atoms with Crippen molar-refractivity contribution in [3.8, 4) is 5.75 Å². The van der Waals surface area contributed by atoms with E-state index in [0.29, 0.717) is 32.7 Å². The summed E-state index contributed by atoms with van der Waals surface area (Å²) in [5, 5.41) is 12.1. The first kappa shape index (κ1) is 18.3. The second-order valence-corrected chi connectivity index (χ2v) is 6.18. The highest BCUT2D eigenvalue weighted by atomic mass is 16.5. The zero-order chi connectivity index (χ0) is 17.4. The predicted molar refractivity (Wildman–Crippen MR) is 89.1 cm³/mol. The van der Waals surface area contributed by atoms with Gasteiger partial charge in [0.25, 0.3) is 0 Å². The van der Waals surface area contributed by atoms with E-state index in [0.717, 1.165) is 17.7 Å². The maximum atomic E-state index is 12.4.